The van der Waals surface area contributed by atoms with E-state index in [2.05, 4.69) is 6.92 Å². The number of hydrogen-bond donors (Lipinski definition) is 0. The third kappa shape index (κ3) is 6.04. The summed E-state index contributed by atoms with van der Waals surface area (Å²) in [6, 6.07) is 5.75. The van der Waals surface area contributed by atoms with Crippen molar-refractivity contribution in [2.75, 3.05) is 6.61 Å². The van der Waals surface area contributed by atoms with Gasteiger partial charge in [-0.3, -0.25) is 0 Å². The molecule has 1 heterocycles. The molecule has 1 saturated carbocycles. The van der Waals surface area contributed by atoms with Crippen LogP contribution in [0.2, 0.25) is 0 Å². The molecule has 5 heteroatoms. The highest BCUT2D eigenvalue weighted by Crippen LogP contribution is 2.37. The summed E-state index contributed by atoms with van der Waals surface area (Å²) in [7, 11) is 0. The predicted octanol–water partition coefficient (Wildman–Crippen LogP) is 9.29. The van der Waals surface area contributed by atoms with Gasteiger partial charge in [0.25, 0.3) is 0 Å². The third-order valence-electron chi connectivity index (χ3n) is 8.21. The fraction of sp³-hybridized carbons (Fsp3) is 0.548. The highest BCUT2D eigenvalue weighted by Gasteiger charge is 2.28. The van der Waals surface area contributed by atoms with E-state index in [0.717, 1.165) is 31.6 Å². The van der Waals surface area contributed by atoms with E-state index in [0.29, 0.717) is 30.9 Å². The van der Waals surface area contributed by atoms with E-state index < -0.39 is 23.3 Å². The van der Waals surface area contributed by atoms with E-state index in [1.807, 2.05) is 19.1 Å². The second-order valence-electron chi connectivity index (χ2n) is 10.6. The number of benzene rings is 2. The maximum atomic E-state index is 15.1. The molecule has 4 rings (SSSR count). The Bertz CT molecular complexity index is 1050. The molecule has 36 heavy (non-hydrogen) atoms. The zero-order valence-electron chi connectivity index (χ0n) is 21.5. The topological polar surface area (TPSA) is 9.23 Å². The predicted molar refractivity (Wildman–Crippen MR) is 137 cm³/mol. The van der Waals surface area contributed by atoms with Gasteiger partial charge in [0.2, 0.25) is 0 Å². The first-order valence-corrected chi connectivity index (χ1v) is 13.6. The summed E-state index contributed by atoms with van der Waals surface area (Å²) in [6.07, 6.45) is 13.7. The van der Waals surface area contributed by atoms with Crippen LogP contribution in [-0.4, -0.2) is 12.7 Å². The van der Waals surface area contributed by atoms with Crippen LogP contribution in [0, 0.1) is 35.1 Å². The van der Waals surface area contributed by atoms with Gasteiger partial charge in [0.1, 0.15) is 0 Å². The molecule has 2 fully saturated rings. The molecule has 2 atom stereocenters. The molecular formula is C31H38F4O. The minimum atomic E-state index is -1.14. The number of aryl methyl sites for hydroxylation is 1. The summed E-state index contributed by atoms with van der Waals surface area (Å²) in [4.78, 5) is 0. The maximum absolute atomic E-state index is 15.1. The minimum absolute atomic E-state index is 0.00916. The van der Waals surface area contributed by atoms with E-state index in [1.54, 1.807) is 0 Å². The first-order valence-electron chi connectivity index (χ1n) is 13.6. The second-order valence-corrected chi connectivity index (χ2v) is 10.6. The van der Waals surface area contributed by atoms with Gasteiger partial charge in [-0.2, -0.15) is 0 Å². The molecular weight excluding hydrogens is 464 g/mol. The largest absolute Gasteiger partial charge is 0.374 e. The lowest BCUT2D eigenvalue weighted by Gasteiger charge is -2.28. The van der Waals surface area contributed by atoms with Crippen molar-refractivity contribution in [2.24, 2.45) is 11.8 Å². The fourth-order valence-electron chi connectivity index (χ4n) is 6.04. The molecule has 2 aromatic carbocycles. The van der Waals surface area contributed by atoms with Gasteiger partial charge in [-0.25, -0.2) is 17.6 Å². The number of ether oxygens (including phenoxy) is 1. The lowest BCUT2D eigenvalue weighted by molar-refractivity contribution is 0.0317. The van der Waals surface area contributed by atoms with Crippen molar-refractivity contribution >= 4 is 0 Å². The van der Waals surface area contributed by atoms with E-state index in [9.17, 15) is 4.39 Å². The molecule has 2 aliphatic rings. The summed E-state index contributed by atoms with van der Waals surface area (Å²) in [5, 5.41) is 0. The number of rotatable bonds is 8. The Morgan fingerprint density at radius 2 is 1.42 bits per heavy atom. The molecule has 0 radical (unpaired) electrons. The van der Waals surface area contributed by atoms with Gasteiger partial charge >= 0.3 is 0 Å². The smallest absolute Gasteiger partial charge is 0.167 e. The van der Waals surface area contributed by atoms with Gasteiger partial charge < -0.3 is 4.74 Å². The lowest BCUT2D eigenvalue weighted by Crippen LogP contribution is -2.24. The number of hydrogen-bond acceptors (Lipinski definition) is 1. The molecule has 0 spiro atoms. The van der Waals surface area contributed by atoms with Crippen molar-refractivity contribution in [3.8, 4) is 11.1 Å². The van der Waals surface area contributed by atoms with Crippen LogP contribution >= 0.6 is 0 Å². The van der Waals surface area contributed by atoms with Crippen LogP contribution in [0.1, 0.15) is 88.7 Å². The van der Waals surface area contributed by atoms with E-state index in [4.69, 9.17) is 4.74 Å². The number of allylic oxidation sites excluding steroid dienone is 1. The average molecular weight is 503 g/mol. The Kier molecular flexibility index (Phi) is 9.27. The minimum Gasteiger partial charge on any atom is -0.374 e. The van der Waals surface area contributed by atoms with Gasteiger partial charge in [-0.15, -0.1) is 0 Å². The average Bonchev–Trinajstić information content (AvgIpc) is 2.89. The van der Waals surface area contributed by atoms with Crippen molar-refractivity contribution in [1.29, 1.82) is 0 Å². The Morgan fingerprint density at radius 3 is 2.03 bits per heavy atom. The summed E-state index contributed by atoms with van der Waals surface area (Å²) in [5.41, 5.74) is 0.0325. The zero-order valence-corrected chi connectivity index (χ0v) is 21.5. The molecule has 1 nitrogen and oxygen atoms in total. The molecule has 1 aliphatic heterocycles. The Balaban J connectivity index is 1.44. The monoisotopic (exact) mass is 502 g/mol. The van der Waals surface area contributed by atoms with Crippen molar-refractivity contribution in [3.63, 3.8) is 0 Å². The first kappa shape index (κ1) is 26.9. The maximum Gasteiger partial charge on any atom is 0.167 e. The van der Waals surface area contributed by atoms with Crippen LogP contribution in [0.5, 0.6) is 0 Å². The third-order valence-corrected chi connectivity index (χ3v) is 8.21. The molecule has 2 aromatic rings. The summed E-state index contributed by atoms with van der Waals surface area (Å²) in [6.45, 7) is 4.42. The molecule has 2 unspecified atom stereocenters. The van der Waals surface area contributed by atoms with Crippen LogP contribution in [0.15, 0.2) is 36.4 Å². The SMILES string of the molecule is CC=CC1CCC(c2ccc(-c3ccc(CCC4CCC(CCC)CC4)c(F)c3F)c(F)c2F)CO1. The van der Waals surface area contributed by atoms with Crippen molar-refractivity contribution < 1.29 is 22.3 Å². The summed E-state index contributed by atoms with van der Waals surface area (Å²) >= 11 is 0. The Hall–Kier alpha value is -2.14. The van der Waals surface area contributed by atoms with E-state index in [1.165, 1.54) is 49.9 Å². The Labute approximate surface area is 212 Å². The van der Waals surface area contributed by atoms with Gasteiger partial charge in [0.15, 0.2) is 23.3 Å². The molecule has 196 valence electrons. The quantitative estimate of drug-likeness (QED) is 0.258. The second kappa shape index (κ2) is 12.4. The van der Waals surface area contributed by atoms with Crippen LogP contribution in [0.4, 0.5) is 17.6 Å². The van der Waals surface area contributed by atoms with Gasteiger partial charge in [0, 0.05) is 17.0 Å². The van der Waals surface area contributed by atoms with Crippen LogP contribution in [-0.2, 0) is 11.2 Å². The summed E-state index contributed by atoms with van der Waals surface area (Å²) in [5.74, 6) is -3.13. The van der Waals surface area contributed by atoms with E-state index >= 15 is 13.2 Å². The lowest BCUT2D eigenvalue weighted by atomic mass is 9.78. The summed E-state index contributed by atoms with van der Waals surface area (Å²) < 4.78 is 65.8. The molecule has 0 bridgehead atoms. The van der Waals surface area contributed by atoms with E-state index in [-0.39, 0.29) is 28.7 Å². The standard InChI is InChI=1S/C31H38F4O/c1-3-5-20-7-9-21(10-8-20)11-12-22-14-16-26(30(34)28(22)32)27-18-17-25(29(33)31(27)35)23-13-15-24(6-4-2)36-19-23/h4,6,14,16-18,20-21,23-24H,3,5,7-13,15,19H2,1-2H3. The van der Waals surface area contributed by atoms with Gasteiger partial charge in [-0.05, 0) is 55.6 Å². The fourth-order valence-corrected chi connectivity index (χ4v) is 6.04. The molecule has 1 aliphatic carbocycles. The molecule has 1 saturated heterocycles. The van der Waals surface area contributed by atoms with Crippen LogP contribution in [0.3, 0.4) is 0 Å². The van der Waals surface area contributed by atoms with Crippen molar-refractivity contribution in [2.45, 2.75) is 90.1 Å². The molecule has 0 amide bonds. The van der Waals surface area contributed by atoms with Crippen LogP contribution < -0.4 is 0 Å². The van der Waals surface area contributed by atoms with Crippen LogP contribution in [0.25, 0.3) is 11.1 Å². The van der Waals surface area contributed by atoms with Crippen molar-refractivity contribution in [3.05, 3.63) is 70.8 Å². The molecule has 0 N–H and O–H groups in total. The van der Waals surface area contributed by atoms with Gasteiger partial charge in [0.05, 0.1) is 12.7 Å². The highest BCUT2D eigenvalue weighted by molar-refractivity contribution is 5.66. The van der Waals surface area contributed by atoms with Crippen molar-refractivity contribution in [1.82, 2.24) is 0 Å². The Morgan fingerprint density at radius 1 is 0.778 bits per heavy atom. The zero-order chi connectivity index (χ0) is 25.7. The highest BCUT2D eigenvalue weighted by atomic mass is 19.2. The molecule has 0 aromatic heterocycles. The van der Waals surface area contributed by atoms with Gasteiger partial charge in [-0.1, -0.05) is 81.9 Å². The normalized spacial score (nSPS) is 24.9. The first-order chi connectivity index (χ1) is 17.4. The number of halogens is 4.